The van der Waals surface area contributed by atoms with Crippen LogP contribution in [0.1, 0.15) is 33.9 Å². The number of aromatic nitrogens is 4. The van der Waals surface area contributed by atoms with Crippen molar-refractivity contribution in [3.05, 3.63) is 105 Å². The smallest absolute Gasteiger partial charge is 0.337 e. The summed E-state index contributed by atoms with van der Waals surface area (Å²) in [7, 11) is 1.31. The van der Waals surface area contributed by atoms with Gasteiger partial charge in [-0.1, -0.05) is 17.7 Å². The highest BCUT2D eigenvalue weighted by molar-refractivity contribution is 9.10. The number of esters is 1. The van der Waals surface area contributed by atoms with E-state index in [1.807, 2.05) is 4.57 Å². The van der Waals surface area contributed by atoms with Gasteiger partial charge in [-0.05, 0) is 70.4 Å². The van der Waals surface area contributed by atoms with Gasteiger partial charge in [0.05, 0.1) is 52.8 Å². The van der Waals surface area contributed by atoms with Crippen LogP contribution in [0.2, 0.25) is 5.02 Å². The monoisotopic (exact) mass is 668 g/mol. The van der Waals surface area contributed by atoms with Gasteiger partial charge in [-0.15, -0.1) is 0 Å². The van der Waals surface area contributed by atoms with Gasteiger partial charge in [0.15, 0.2) is 0 Å². The van der Waals surface area contributed by atoms with Crippen molar-refractivity contribution < 1.29 is 27.8 Å². The van der Waals surface area contributed by atoms with Gasteiger partial charge in [-0.3, -0.25) is 4.98 Å². The fourth-order valence-corrected chi connectivity index (χ4v) is 5.50. The van der Waals surface area contributed by atoms with Gasteiger partial charge in [0, 0.05) is 35.3 Å². The number of imidazole rings is 1. The van der Waals surface area contributed by atoms with E-state index in [0.717, 1.165) is 23.0 Å². The zero-order valence-electron chi connectivity index (χ0n) is 22.8. The largest absolute Gasteiger partial charge is 0.471 e. The molecule has 12 heteroatoms. The molecule has 0 radical (unpaired) electrons. The van der Waals surface area contributed by atoms with Crippen LogP contribution in [0.25, 0.3) is 22.3 Å². The second-order valence-corrected chi connectivity index (χ2v) is 11.3. The Morgan fingerprint density at radius 1 is 1.14 bits per heavy atom. The van der Waals surface area contributed by atoms with Gasteiger partial charge in [-0.2, -0.15) is 0 Å². The lowest BCUT2D eigenvalue weighted by Gasteiger charge is -2.27. The Morgan fingerprint density at radius 2 is 1.98 bits per heavy atom. The molecular formula is C31H24BrClF2N4O4. The molecule has 8 nitrogen and oxygen atoms in total. The summed E-state index contributed by atoms with van der Waals surface area (Å²) in [5.41, 5.74) is 2.52. The van der Waals surface area contributed by atoms with Gasteiger partial charge in [0.1, 0.15) is 24.1 Å². The number of hydrogen-bond donors (Lipinski definition) is 0. The molecule has 1 aliphatic rings. The second-order valence-electron chi connectivity index (χ2n) is 9.95. The number of ether oxygens (including phenoxy) is 3. The number of fused-ring (bicyclic) bond motifs is 1. The fraction of sp³-hybridized carbons (Fsp3) is 0.226. The average Bonchev–Trinajstić information content (AvgIpc) is 3.31. The standard InChI is InChI=1S/C31H24BrClF2N4O4/c1-41-31(40)17-5-6-26-28(10-17)39(15-20-7-8-42-20)29(37-26)11-18-9-24(35)21(13-23(18)34)25-3-2-4-30(38-25)43-16-27-22(33)12-19(32)14-36-27/h2-6,9-10,12-14,20H,7-8,11,15-16H2,1H3/t20-/m0/s1. The third-order valence-corrected chi connectivity index (χ3v) is 7.91. The van der Waals surface area contributed by atoms with E-state index in [0.29, 0.717) is 46.3 Å². The summed E-state index contributed by atoms with van der Waals surface area (Å²) in [6, 6.07) is 13.9. The molecule has 3 aromatic heterocycles. The van der Waals surface area contributed by atoms with Crippen molar-refractivity contribution in [3.8, 4) is 17.1 Å². The highest BCUT2D eigenvalue weighted by Gasteiger charge is 2.24. The van der Waals surface area contributed by atoms with E-state index >= 15 is 8.78 Å². The molecule has 1 saturated heterocycles. The zero-order chi connectivity index (χ0) is 30.1. The number of nitrogens with zero attached hydrogens (tertiary/aromatic N) is 4. The van der Waals surface area contributed by atoms with E-state index < -0.39 is 17.6 Å². The third kappa shape index (κ3) is 6.24. The molecule has 43 heavy (non-hydrogen) atoms. The molecule has 2 aromatic carbocycles. The molecule has 0 aliphatic carbocycles. The van der Waals surface area contributed by atoms with Crippen LogP contribution in [0, 0.1) is 11.6 Å². The summed E-state index contributed by atoms with van der Waals surface area (Å²) >= 11 is 9.52. The molecule has 0 unspecified atom stereocenters. The lowest BCUT2D eigenvalue weighted by molar-refractivity contribution is -0.0589. The van der Waals surface area contributed by atoms with E-state index in [-0.39, 0.29) is 41.8 Å². The lowest BCUT2D eigenvalue weighted by atomic mass is 10.0. The molecule has 0 bridgehead atoms. The van der Waals surface area contributed by atoms with Gasteiger partial charge in [0.2, 0.25) is 5.88 Å². The summed E-state index contributed by atoms with van der Waals surface area (Å²) in [5, 5.41) is 0.423. The Kier molecular flexibility index (Phi) is 8.38. The number of rotatable bonds is 9. The van der Waals surface area contributed by atoms with E-state index in [9.17, 15) is 4.79 Å². The van der Waals surface area contributed by atoms with Crippen molar-refractivity contribution in [2.24, 2.45) is 0 Å². The second kappa shape index (κ2) is 12.4. The van der Waals surface area contributed by atoms with E-state index in [2.05, 4.69) is 30.9 Å². The zero-order valence-corrected chi connectivity index (χ0v) is 25.2. The van der Waals surface area contributed by atoms with Crippen molar-refractivity contribution in [2.45, 2.75) is 32.1 Å². The van der Waals surface area contributed by atoms with Crippen molar-refractivity contribution in [1.29, 1.82) is 0 Å². The van der Waals surface area contributed by atoms with Crippen molar-refractivity contribution in [1.82, 2.24) is 19.5 Å². The number of pyridine rings is 2. The summed E-state index contributed by atoms with van der Waals surface area (Å²) in [6.45, 7) is 1.18. The Morgan fingerprint density at radius 3 is 2.72 bits per heavy atom. The number of methoxy groups -OCH3 is 1. The SMILES string of the molecule is COC(=O)c1ccc2nc(Cc3cc(F)c(-c4cccc(OCc5ncc(Br)cc5Cl)n4)cc3F)n(C[C@@H]3CCO3)c2c1. The normalized spacial score (nSPS) is 14.5. The molecule has 0 saturated carbocycles. The highest BCUT2D eigenvalue weighted by atomic mass is 79.9. The summed E-state index contributed by atoms with van der Waals surface area (Å²) in [4.78, 5) is 25.4. The first-order valence-electron chi connectivity index (χ1n) is 13.4. The first-order valence-corrected chi connectivity index (χ1v) is 14.5. The molecular weight excluding hydrogens is 646 g/mol. The number of halogens is 4. The number of benzene rings is 2. The van der Waals surface area contributed by atoms with Gasteiger partial charge >= 0.3 is 5.97 Å². The third-order valence-electron chi connectivity index (χ3n) is 7.15. The van der Waals surface area contributed by atoms with Gasteiger partial charge < -0.3 is 18.8 Å². The van der Waals surface area contributed by atoms with Crippen LogP contribution in [0.5, 0.6) is 5.88 Å². The Bertz CT molecular complexity index is 1850. The van der Waals surface area contributed by atoms with Crippen LogP contribution >= 0.6 is 27.5 Å². The van der Waals surface area contributed by atoms with Crippen molar-refractivity contribution >= 4 is 44.5 Å². The van der Waals surface area contributed by atoms with Crippen LogP contribution in [-0.4, -0.2) is 45.3 Å². The van der Waals surface area contributed by atoms with Crippen LogP contribution in [-0.2, 0) is 29.0 Å². The van der Waals surface area contributed by atoms with Crippen LogP contribution in [0.3, 0.4) is 0 Å². The average molecular weight is 670 g/mol. The minimum absolute atomic E-state index is 0.00871. The maximum absolute atomic E-state index is 15.5. The fourth-order valence-electron chi connectivity index (χ4n) is 4.82. The molecule has 5 aromatic rings. The molecule has 0 N–H and O–H groups in total. The first kappa shape index (κ1) is 29.2. The molecule has 0 amide bonds. The molecule has 1 aliphatic heterocycles. The minimum Gasteiger partial charge on any atom is -0.471 e. The Hall–Kier alpha value is -3.93. The highest BCUT2D eigenvalue weighted by Crippen LogP contribution is 2.29. The van der Waals surface area contributed by atoms with Crippen LogP contribution < -0.4 is 4.74 Å². The van der Waals surface area contributed by atoms with Gasteiger partial charge in [-0.25, -0.2) is 23.5 Å². The van der Waals surface area contributed by atoms with Gasteiger partial charge in [0.25, 0.3) is 0 Å². The quantitative estimate of drug-likeness (QED) is 0.157. The number of hydrogen-bond acceptors (Lipinski definition) is 7. The Balaban J connectivity index is 1.27. The van der Waals surface area contributed by atoms with E-state index in [4.69, 9.17) is 25.8 Å². The first-order chi connectivity index (χ1) is 20.8. The van der Waals surface area contributed by atoms with Crippen LogP contribution in [0.15, 0.2) is 65.3 Å². The Labute approximate surface area is 258 Å². The molecule has 6 rings (SSSR count). The van der Waals surface area contributed by atoms with E-state index in [1.165, 1.54) is 7.11 Å². The van der Waals surface area contributed by atoms with E-state index in [1.54, 1.807) is 48.7 Å². The molecule has 220 valence electrons. The maximum Gasteiger partial charge on any atom is 0.337 e. The van der Waals surface area contributed by atoms with Crippen LogP contribution in [0.4, 0.5) is 8.78 Å². The predicted molar refractivity (Wildman–Crippen MR) is 159 cm³/mol. The minimum atomic E-state index is -0.642. The maximum atomic E-state index is 15.5. The summed E-state index contributed by atoms with van der Waals surface area (Å²) in [5.74, 6) is -0.995. The number of carbonyl (C=O) groups excluding carboxylic acids is 1. The number of carbonyl (C=O) groups is 1. The van der Waals surface area contributed by atoms with Crippen molar-refractivity contribution in [2.75, 3.05) is 13.7 Å². The topological polar surface area (TPSA) is 88.4 Å². The summed E-state index contributed by atoms with van der Waals surface area (Å²) < 4.78 is 49.8. The molecule has 0 spiro atoms. The summed E-state index contributed by atoms with van der Waals surface area (Å²) in [6.07, 6.45) is 2.47. The predicted octanol–water partition coefficient (Wildman–Crippen LogP) is 6.93. The molecule has 4 heterocycles. The lowest BCUT2D eigenvalue weighted by Crippen LogP contribution is -2.31. The van der Waals surface area contributed by atoms with Crippen molar-refractivity contribution in [3.63, 3.8) is 0 Å². The molecule has 1 fully saturated rings. The molecule has 1 atom stereocenters.